The van der Waals surface area contributed by atoms with Gasteiger partial charge >= 0.3 is 12.1 Å². The Morgan fingerprint density at radius 2 is 1.69 bits per heavy atom. The molecule has 0 aliphatic carbocycles. The zero-order chi connectivity index (χ0) is 25.7. The van der Waals surface area contributed by atoms with Gasteiger partial charge in [-0.1, -0.05) is 18.2 Å². The lowest BCUT2D eigenvalue weighted by Gasteiger charge is -2.37. The van der Waals surface area contributed by atoms with Crippen LogP contribution in [0.4, 0.5) is 10.5 Å². The summed E-state index contributed by atoms with van der Waals surface area (Å²) < 4.78 is 11.3. The van der Waals surface area contributed by atoms with Gasteiger partial charge in [-0.15, -0.1) is 0 Å². The van der Waals surface area contributed by atoms with Gasteiger partial charge in [0.15, 0.2) is 5.60 Å². The van der Waals surface area contributed by atoms with Gasteiger partial charge in [0.1, 0.15) is 5.60 Å². The predicted octanol–water partition coefficient (Wildman–Crippen LogP) is 3.96. The molecule has 0 aromatic heterocycles. The van der Waals surface area contributed by atoms with E-state index in [1.165, 1.54) is 0 Å². The molecule has 0 unspecified atom stereocenters. The highest BCUT2D eigenvalue weighted by Crippen LogP contribution is 2.43. The van der Waals surface area contributed by atoms with Crippen LogP contribution in [0.2, 0.25) is 0 Å². The Bertz CT molecular complexity index is 1210. The van der Waals surface area contributed by atoms with Crippen molar-refractivity contribution < 1.29 is 23.9 Å². The third-order valence-electron chi connectivity index (χ3n) is 7.18. The molecular weight excluding hydrogens is 458 g/mol. The molecule has 5 rings (SSSR count). The van der Waals surface area contributed by atoms with Crippen LogP contribution in [0.3, 0.4) is 0 Å². The lowest BCUT2D eigenvalue weighted by Crippen LogP contribution is -2.50. The average molecular weight is 492 g/mol. The van der Waals surface area contributed by atoms with Crippen LogP contribution in [0.5, 0.6) is 0 Å². The Balaban J connectivity index is 1.24. The average Bonchev–Trinajstić information content (AvgIpc) is 3.39. The molecule has 8 nitrogen and oxygen atoms in total. The Morgan fingerprint density at radius 1 is 0.972 bits per heavy atom. The maximum atomic E-state index is 13.4. The van der Waals surface area contributed by atoms with Crippen molar-refractivity contribution >= 4 is 23.7 Å². The SMILES string of the molecule is Cc1cc(N2CCN(C(=O)OC(C)(C)C)CC2)ccc1C(=O)N1CC[C@@]2(C1)OC(=O)c1ccccc12. The highest BCUT2D eigenvalue weighted by molar-refractivity contribution is 5.97. The lowest BCUT2D eigenvalue weighted by molar-refractivity contribution is -0.00309. The van der Waals surface area contributed by atoms with Gasteiger partial charge in [0.05, 0.1) is 12.1 Å². The second-order valence-electron chi connectivity index (χ2n) is 10.9. The Hall–Kier alpha value is -3.55. The molecule has 8 heteroatoms. The van der Waals surface area contributed by atoms with E-state index in [2.05, 4.69) is 4.90 Å². The molecule has 0 N–H and O–H groups in total. The molecule has 2 fully saturated rings. The number of aryl methyl sites for hydroxylation is 1. The third kappa shape index (κ3) is 4.40. The van der Waals surface area contributed by atoms with Crippen LogP contribution in [0.15, 0.2) is 42.5 Å². The number of likely N-dealkylation sites (tertiary alicyclic amines) is 1. The molecule has 36 heavy (non-hydrogen) atoms. The second kappa shape index (κ2) is 8.84. The number of amides is 2. The van der Waals surface area contributed by atoms with E-state index in [4.69, 9.17) is 9.47 Å². The van der Waals surface area contributed by atoms with Gasteiger partial charge < -0.3 is 24.2 Å². The van der Waals surface area contributed by atoms with E-state index in [1.54, 1.807) is 15.9 Å². The van der Waals surface area contributed by atoms with Gasteiger partial charge in [-0.05, 0) is 57.5 Å². The number of ether oxygens (including phenoxy) is 2. The Labute approximate surface area is 211 Å². The quantitative estimate of drug-likeness (QED) is 0.592. The van der Waals surface area contributed by atoms with Gasteiger partial charge in [-0.2, -0.15) is 0 Å². The molecule has 1 atom stereocenters. The zero-order valence-corrected chi connectivity index (χ0v) is 21.4. The highest BCUT2D eigenvalue weighted by atomic mass is 16.6. The van der Waals surface area contributed by atoms with Gasteiger partial charge in [-0.3, -0.25) is 4.79 Å². The van der Waals surface area contributed by atoms with Crippen LogP contribution in [0.1, 0.15) is 59.0 Å². The number of piperazine rings is 1. The Morgan fingerprint density at radius 3 is 2.39 bits per heavy atom. The fraction of sp³-hybridized carbons (Fsp3) is 0.464. The summed E-state index contributed by atoms with van der Waals surface area (Å²) in [7, 11) is 0. The van der Waals surface area contributed by atoms with E-state index in [9.17, 15) is 14.4 Å². The first-order chi connectivity index (χ1) is 17.1. The minimum atomic E-state index is -0.745. The monoisotopic (exact) mass is 491 g/mol. The van der Waals surface area contributed by atoms with E-state index in [-0.39, 0.29) is 18.0 Å². The van der Waals surface area contributed by atoms with Gasteiger partial charge in [0, 0.05) is 56.0 Å². The summed E-state index contributed by atoms with van der Waals surface area (Å²) in [4.78, 5) is 43.9. The first-order valence-electron chi connectivity index (χ1n) is 12.5. The van der Waals surface area contributed by atoms with Crippen LogP contribution in [0, 0.1) is 6.92 Å². The first-order valence-corrected chi connectivity index (χ1v) is 12.5. The van der Waals surface area contributed by atoms with E-state index >= 15 is 0 Å². The van der Waals surface area contributed by atoms with Crippen molar-refractivity contribution in [1.29, 1.82) is 0 Å². The largest absolute Gasteiger partial charge is 0.449 e. The van der Waals surface area contributed by atoms with E-state index < -0.39 is 11.2 Å². The van der Waals surface area contributed by atoms with E-state index in [1.807, 2.05) is 64.1 Å². The molecule has 2 aromatic rings. The molecule has 3 heterocycles. The predicted molar refractivity (Wildman–Crippen MR) is 135 cm³/mol. The lowest BCUT2D eigenvalue weighted by atomic mass is 9.91. The summed E-state index contributed by atoms with van der Waals surface area (Å²) >= 11 is 0. The molecule has 2 amide bonds. The molecule has 1 spiro atoms. The van der Waals surface area contributed by atoms with E-state index in [0.717, 1.165) is 16.8 Å². The number of carbonyl (C=O) groups excluding carboxylic acids is 3. The number of esters is 1. The maximum Gasteiger partial charge on any atom is 0.410 e. The first kappa shape index (κ1) is 24.2. The summed E-state index contributed by atoms with van der Waals surface area (Å²) in [5.41, 5.74) is 2.81. The van der Waals surface area contributed by atoms with Gasteiger partial charge in [-0.25, -0.2) is 9.59 Å². The normalized spacial score (nSPS) is 21.6. The molecule has 0 saturated carbocycles. The summed E-state index contributed by atoms with van der Waals surface area (Å²) in [5.74, 6) is -0.363. The van der Waals surface area contributed by atoms with E-state index in [0.29, 0.717) is 56.8 Å². The van der Waals surface area contributed by atoms with Crippen molar-refractivity contribution in [3.05, 3.63) is 64.7 Å². The van der Waals surface area contributed by atoms with Crippen LogP contribution in [-0.4, -0.2) is 72.6 Å². The molecule has 2 saturated heterocycles. The second-order valence-corrected chi connectivity index (χ2v) is 10.9. The minimum Gasteiger partial charge on any atom is -0.449 e. The van der Waals surface area contributed by atoms with Crippen LogP contribution in [0.25, 0.3) is 0 Å². The highest BCUT2D eigenvalue weighted by Gasteiger charge is 2.51. The van der Waals surface area contributed by atoms with Crippen molar-refractivity contribution in [2.24, 2.45) is 0 Å². The Kier molecular flexibility index (Phi) is 5.93. The summed E-state index contributed by atoms with van der Waals surface area (Å²) in [6.45, 7) is 11.0. The molecule has 3 aliphatic heterocycles. The van der Waals surface area contributed by atoms with Gasteiger partial charge in [0.25, 0.3) is 5.91 Å². The molecule has 0 radical (unpaired) electrons. The smallest absolute Gasteiger partial charge is 0.410 e. The van der Waals surface area contributed by atoms with Crippen LogP contribution in [-0.2, 0) is 15.1 Å². The van der Waals surface area contributed by atoms with Gasteiger partial charge in [0.2, 0.25) is 0 Å². The number of fused-ring (bicyclic) bond motifs is 2. The molecular formula is C28H33N3O5. The van der Waals surface area contributed by atoms with Crippen LogP contribution >= 0.6 is 0 Å². The maximum absolute atomic E-state index is 13.4. The summed E-state index contributed by atoms with van der Waals surface area (Å²) in [5, 5.41) is 0. The van der Waals surface area contributed by atoms with Crippen LogP contribution < -0.4 is 4.90 Å². The number of benzene rings is 2. The summed E-state index contributed by atoms with van der Waals surface area (Å²) in [6, 6.07) is 13.3. The van der Waals surface area contributed by atoms with Crippen molar-refractivity contribution in [2.75, 3.05) is 44.2 Å². The number of anilines is 1. The van der Waals surface area contributed by atoms with Crippen molar-refractivity contribution in [1.82, 2.24) is 9.80 Å². The third-order valence-corrected chi connectivity index (χ3v) is 7.18. The fourth-order valence-corrected chi connectivity index (χ4v) is 5.33. The molecule has 3 aliphatic rings. The zero-order valence-electron chi connectivity index (χ0n) is 21.4. The number of rotatable bonds is 2. The van der Waals surface area contributed by atoms with Crippen molar-refractivity contribution in [3.63, 3.8) is 0 Å². The fourth-order valence-electron chi connectivity index (χ4n) is 5.33. The topological polar surface area (TPSA) is 79.4 Å². The molecule has 2 aromatic carbocycles. The number of hydrogen-bond donors (Lipinski definition) is 0. The standard InChI is InChI=1S/C28H33N3O5/c1-19-17-20(29-13-15-30(16-14-29)26(34)36-27(2,3)4)9-10-21(19)24(32)31-12-11-28(18-31)23-8-6-5-7-22(23)25(33)35-28/h5-10,17H,11-16,18H2,1-4H3/t28-/m0/s1. The van der Waals surface area contributed by atoms with Crippen molar-refractivity contribution in [2.45, 2.75) is 45.3 Å². The molecule has 0 bridgehead atoms. The number of carbonyl (C=O) groups is 3. The summed E-state index contributed by atoms with van der Waals surface area (Å²) in [6.07, 6.45) is 0.318. The number of hydrogen-bond acceptors (Lipinski definition) is 6. The number of nitrogens with zero attached hydrogens (tertiary/aromatic N) is 3. The minimum absolute atomic E-state index is 0.0499. The van der Waals surface area contributed by atoms with Crippen molar-refractivity contribution in [3.8, 4) is 0 Å². The molecule has 190 valence electrons.